The van der Waals surface area contributed by atoms with Crippen molar-refractivity contribution in [3.63, 3.8) is 0 Å². The molecule has 2 aromatic carbocycles. The van der Waals surface area contributed by atoms with Gasteiger partial charge in [0.05, 0.1) is 17.6 Å². The standard InChI is InChI=1S/C19H13ClFN3O2/c20-18-15(21)17(14(11-22-18)23-19(25)26)24-16(12-7-3-1-4-8-12)13-9-5-2-6-10-13/h1-11,23H,(H,25,26). The fraction of sp³-hybridized carbons (Fsp3) is 0. The van der Waals surface area contributed by atoms with Gasteiger partial charge < -0.3 is 5.11 Å². The predicted octanol–water partition coefficient (Wildman–Crippen LogP) is 5.13. The summed E-state index contributed by atoms with van der Waals surface area (Å²) in [7, 11) is 0. The molecule has 1 amide bonds. The van der Waals surface area contributed by atoms with Gasteiger partial charge in [0.2, 0.25) is 0 Å². The Morgan fingerprint density at radius 3 is 2.08 bits per heavy atom. The molecular weight excluding hydrogens is 357 g/mol. The molecule has 7 heteroatoms. The van der Waals surface area contributed by atoms with Gasteiger partial charge in [-0.2, -0.15) is 0 Å². The number of hydrogen-bond donors (Lipinski definition) is 2. The monoisotopic (exact) mass is 369 g/mol. The van der Waals surface area contributed by atoms with E-state index in [0.717, 1.165) is 17.3 Å². The SMILES string of the molecule is O=C(O)Nc1cnc(Cl)c(F)c1N=C(c1ccccc1)c1ccccc1. The van der Waals surface area contributed by atoms with Gasteiger partial charge in [-0.1, -0.05) is 72.3 Å². The summed E-state index contributed by atoms with van der Waals surface area (Å²) >= 11 is 5.77. The molecule has 0 aliphatic rings. The second-order valence-electron chi connectivity index (χ2n) is 5.25. The molecule has 0 unspecified atom stereocenters. The van der Waals surface area contributed by atoms with Gasteiger partial charge in [-0.25, -0.2) is 19.2 Å². The van der Waals surface area contributed by atoms with Crippen LogP contribution in [-0.2, 0) is 0 Å². The van der Waals surface area contributed by atoms with Gasteiger partial charge in [0.15, 0.2) is 11.0 Å². The summed E-state index contributed by atoms with van der Waals surface area (Å²) in [5.41, 5.74) is 1.64. The summed E-state index contributed by atoms with van der Waals surface area (Å²) in [4.78, 5) is 19.0. The molecular formula is C19H13ClFN3O2. The van der Waals surface area contributed by atoms with Crippen molar-refractivity contribution >= 4 is 34.8 Å². The highest BCUT2D eigenvalue weighted by Crippen LogP contribution is 2.32. The molecule has 3 aromatic rings. The molecule has 26 heavy (non-hydrogen) atoms. The molecule has 0 bridgehead atoms. The number of amides is 1. The average molecular weight is 370 g/mol. The Labute approximate surface area is 153 Å². The highest BCUT2D eigenvalue weighted by molar-refractivity contribution is 6.30. The first-order chi connectivity index (χ1) is 12.6. The molecule has 0 atom stereocenters. The van der Waals surface area contributed by atoms with E-state index >= 15 is 0 Å². The third-order valence-corrected chi connectivity index (χ3v) is 3.77. The van der Waals surface area contributed by atoms with Gasteiger partial charge in [-0.3, -0.25) is 5.32 Å². The number of benzene rings is 2. The first-order valence-electron chi connectivity index (χ1n) is 7.59. The summed E-state index contributed by atoms with van der Waals surface area (Å²) in [6.07, 6.45) is -0.225. The molecule has 2 N–H and O–H groups in total. The van der Waals surface area contributed by atoms with Crippen LogP contribution in [0.4, 0.5) is 20.6 Å². The number of nitrogens with one attached hydrogen (secondary N) is 1. The summed E-state index contributed by atoms with van der Waals surface area (Å²) in [5.74, 6) is -0.901. The number of aromatic nitrogens is 1. The number of hydrogen-bond acceptors (Lipinski definition) is 3. The molecule has 0 radical (unpaired) electrons. The van der Waals surface area contributed by atoms with Gasteiger partial charge in [0.25, 0.3) is 0 Å². The van der Waals surface area contributed by atoms with Crippen molar-refractivity contribution in [2.24, 2.45) is 4.99 Å². The van der Waals surface area contributed by atoms with Crippen molar-refractivity contribution in [2.45, 2.75) is 0 Å². The summed E-state index contributed by atoms with van der Waals surface area (Å²) < 4.78 is 14.6. The van der Waals surface area contributed by atoms with E-state index in [2.05, 4.69) is 15.3 Å². The van der Waals surface area contributed by atoms with Crippen LogP contribution < -0.4 is 5.32 Å². The number of pyridine rings is 1. The van der Waals surface area contributed by atoms with E-state index in [4.69, 9.17) is 16.7 Å². The van der Waals surface area contributed by atoms with Crippen molar-refractivity contribution < 1.29 is 14.3 Å². The molecule has 0 aliphatic heterocycles. The third kappa shape index (κ3) is 3.87. The van der Waals surface area contributed by atoms with Crippen LogP contribution in [0.5, 0.6) is 0 Å². The lowest BCUT2D eigenvalue weighted by Crippen LogP contribution is -2.09. The second kappa shape index (κ2) is 7.76. The van der Waals surface area contributed by atoms with E-state index in [9.17, 15) is 9.18 Å². The van der Waals surface area contributed by atoms with Crippen molar-refractivity contribution in [3.05, 3.63) is 89.0 Å². The minimum Gasteiger partial charge on any atom is -0.465 e. The van der Waals surface area contributed by atoms with Crippen LogP contribution in [0.15, 0.2) is 71.9 Å². The lowest BCUT2D eigenvalue weighted by molar-refractivity contribution is 0.209. The predicted molar refractivity (Wildman–Crippen MR) is 99.0 cm³/mol. The molecule has 130 valence electrons. The van der Waals surface area contributed by atoms with Gasteiger partial charge in [0, 0.05) is 11.1 Å². The maximum Gasteiger partial charge on any atom is 0.409 e. The molecule has 0 aliphatic carbocycles. The fourth-order valence-corrected chi connectivity index (χ4v) is 2.51. The van der Waals surface area contributed by atoms with E-state index in [0.29, 0.717) is 5.71 Å². The van der Waals surface area contributed by atoms with Crippen molar-refractivity contribution in [1.29, 1.82) is 0 Å². The van der Waals surface area contributed by atoms with Crippen LogP contribution in [0.2, 0.25) is 5.15 Å². The lowest BCUT2D eigenvalue weighted by Gasteiger charge is -2.11. The molecule has 3 rings (SSSR count). The van der Waals surface area contributed by atoms with Crippen molar-refractivity contribution in [1.82, 2.24) is 4.98 Å². The lowest BCUT2D eigenvalue weighted by atomic mass is 10.0. The fourth-order valence-electron chi connectivity index (χ4n) is 2.37. The average Bonchev–Trinajstić information content (AvgIpc) is 2.65. The number of carboxylic acid groups (broad SMARTS) is 1. The maximum atomic E-state index is 14.6. The first-order valence-corrected chi connectivity index (χ1v) is 7.97. The number of anilines is 1. The number of nitrogens with zero attached hydrogens (tertiary/aromatic N) is 2. The summed E-state index contributed by atoms with van der Waals surface area (Å²) in [5, 5.41) is 10.7. The van der Waals surface area contributed by atoms with E-state index < -0.39 is 11.9 Å². The number of rotatable bonds is 4. The number of aliphatic imine (C=N–C) groups is 1. The Kier molecular flexibility index (Phi) is 5.24. The Morgan fingerprint density at radius 1 is 1.04 bits per heavy atom. The summed E-state index contributed by atoms with van der Waals surface area (Å²) in [6.45, 7) is 0. The van der Waals surface area contributed by atoms with Crippen LogP contribution in [0.3, 0.4) is 0 Å². The zero-order chi connectivity index (χ0) is 18.5. The highest BCUT2D eigenvalue weighted by Gasteiger charge is 2.17. The minimum atomic E-state index is -1.36. The Balaban J connectivity index is 2.24. The highest BCUT2D eigenvalue weighted by atomic mass is 35.5. The quantitative estimate of drug-likeness (QED) is 0.494. The Bertz CT molecular complexity index is 922. The Morgan fingerprint density at radius 2 is 1.58 bits per heavy atom. The third-order valence-electron chi connectivity index (χ3n) is 3.51. The zero-order valence-corrected chi connectivity index (χ0v) is 14.1. The smallest absolute Gasteiger partial charge is 0.409 e. The van der Waals surface area contributed by atoms with Gasteiger partial charge in [-0.15, -0.1) is 0 Å². The molecule has 1 heterocycles. The number of carbonyl (C=O) groups is 1. The zero-order valence-electron chi connectivity index (χ0n) is 13.4. The second-order valence-corrected chi connectivity index (χ2v) is 5.61. The largest absolute Gasteiger partial charge is 0.465 e. The van der Waals surface area contributed by atoms with E-state index in [1.54, 1.807) is 0 Å². The van der Waals surface area contributed by atoms with E-state index in [1.807, 2.05) is 60.7 Å². The summed E-state index contributed by atoms with van der Waals surface area (Å²) in [6, 6.07) is 18.4. The molecule has 0 spiro atoms. The molecule has 0 fully saturated rings. The Hall–Kier alpha value is -3.25. The van der Waals surface area contributed by atoms with E-state index in [-0.39, 0.29) is 16.5 Å². The number of halogens is 2. The molecule has 5 nitrogen and oxygen atoms in total. The first kappa shape index (κ1) is 17.6. The van der Waals surface area contributed by atoms with Crippen LogP contribution >= 0.6 is 11.6 Å². The van der Waals surface area contributed by atoms with Gasteiger partial charge in [-0.05, 0) is 0 Å². The maximum absolute atomic E-state index is 14.6. The van der Waals surface area contributed by atoms with Crippen LogP contribution in [0, 0.1) is 5.82 Å². The molecule has 1 aromatic heterocycles. The van der Waals surface area contributed by atoms with Crippen molar-refractivity contribution in [3.8, 4) is 0 Å². The topological polar surface area (TPSA) is 74.6 Å². The van der Waals surface area contributed by atoms with Gasteiger partial charge in [0.1, 0.15) is 5.69 Å². The normalized spacial score (nSPS) is 10.2. The van der Waals surface area contributed by atoms with Crippen LogP contribution in [-0.4, -0.2) is 21.9 Å². The van der Waals surface area contributed by atoms with Crippen LogP contribution in [0.1, 0.15) is 11.1 Å². The van der Waals surface area contributed by atoms with Crippen molar-refractivity contribution in [2.75, 3.05) is 5.32 Å². The van der Waals surface area contributed by atoms with E-state index in [1.165, 1.54) is 0 Å². The minimum absolute atomic E-state index is 0.0937. The molecule has 0 saturated heterocycles. The van der Waals surface area contributed by atoms with Crippen LogP contribution in [0.25, 0.3) is 0 Å². The molecule has 0 saturated carbocycles. The van der Waals surface area contributed by atoms with Gasteiger partial charge >= 0.3 is 6.09 Å².